The number of anilines is 1. The van der Waals surface area contributed by atoms with Gasteiger partial charge in [0, 0.05) is 0 Å². The van der Waals surface area contributed by atoms with Crippen molar-refractivity contribution >= 4 is 25.5 Å². The molecule has 0 radical (unpaired) electrons. The van der Waals surface area contributed by atoms with E-state index in [4.69, 9.17) is 0 Å². The fraction of sp³-hybridized carbons (Fsp3) is 0.294. The molecule has 1 saturated carbocycles. The van der Waals surface area contributed by atoms with E-state index < -0.39 is 19.9 Å². The molecule has 0 heterocycles. The molecule has 5 nitrogen and oxygen atoms in total. The Labute approximate surface area is 142 Å². The zero-order valence-electron chi connectivity index (χ0n) is 13.1. The van der Waals surface area contributed by atoms with Gasteiger partial charge in [0.05, 0.1) is 20.7 Å². The zero-order chi connectivity index (χ0) is 17.2. The maximum absolute atomic E-state index is 12.6. The summed E-state index contributed by atoms with van der Waals surface area (Å²) in [5.74, 6) is 0. The molecule has 1 aliphatic rings. The molecular weight excluding hydrogens is 346 g/mol. The van der Waals surface area contributed by atoms with Crippen LogP contribution in [0.15, 0.2) is 64.4 Å². The molecule has 1 aliphatic carbocycles. The molecule has 1 fully saturated rings. The fourth-order valence-corrected chi connectivity index (χ4v) is 5.91. The van der Waals surface area contributed by atoms with Gasteiger partial charge in [-0.15, -0.1) is 0 Å². The molecule has 2 aromatic rings. The van der Waals surface area contributed by atoms with Crippen molar-refractivity contribution in [3.8, 4) is 0 Å². The van der Waals surface area contributed by atoms with Crippen molar-refractivity contribution in [3.05, 3.63) is 54.6 Å². The largest absolute Gasteiger partial charge is 0.280 e. The minimum Gasteiger partial charge on any atom is -0.280 e. The van der Waals surface area contributed by atoms with Gasteiger partial charge >= 0.3 is 0 Å². The van der Waals surface area contributed by atoms with Crippen LogP contribution in [0.1, 0.15) is 25.7 Å². The summed E-state index contributed by atoms with van der Waals surface area (Å²) in [6.07, 6.45) is 3.18. The van der Waals surface area contributed by atoms with Gasteiger partial charge in [-0.05, 0) is 43.2 Å². The third-order valence-corrected chi connectivity index (χ3v) is 7.87. The van der Waals surface area contributed by atoms with Crippen LogP contribution >= 0.6 is 0 Å². The SMILES string of the molecule is O=S(=O)(Nc1cccc(S(=O)(=O)C2CCCC2)c1)c1ccccc1. The summed E-state index contributed by atoms with van der Waals surface area (Å²) in [4.78, 5) is 0.303. The Kier molecular flexibility index (Phi) is 4.64. The zero-order valence-corrected chi connectivity index (χ0v) is 14.7. The number of sulfonamides is 1. The van der Waals surface area contributed by atoms with Crippen molar-refractivity contribution < 1.29 is 16.8 Å². The minimum absolute atomic E-state index is 0.133. The molecule has 0 saturated heterocycles. The maximum Gasteiger partial charge on any atom is 0.261 e. The molecule has 1 N–H and O–H groups in total. The van der Waals surface area contributed by atoms with E-state index in [1.807, 2.05) is 0 Å². The second-order valence-corrected chi connectivity index (χ2v) is 9.81. The number of rotatable bonds is 5. The minimum atomic E-state index is -3.74. The number of hydrogen-bond donors (Lipinski definition) is 1. The summed E-state index contributed by atoms with van der Waals surface area (Å²) in [5, 5.41) is -0.363. The van der Waals surface area contributed by atoms with Crippen LogP contribution in [0.3, 0.4) is 0 Å². The highest BCUT2D eigenvalue weighted by Crippen LogP contribution is 2.30. The lowest BCUT2D eigenvalue weighted by atomic mass is 10.3. The highest BCUT2D eigenvalue weighted by Gasteiger charge is 2.30. The Balaban J connectivity index is 1.89. The first-order valence-electron chi connectivity index (χ1n) is 7.81. The van der Waals surface area contributed by atoms with Crippen molar-refractivity contribution in [2.45, 2.75) is 40.7 Å². The predicted molar refractivity (Wildman–Crippen MR) is 93.1 cm³/mol. The number of nitrogens with one attached hydrogen (secondary N) is 1. The van der Waals surface area contributed by atoms with Gasteiger partial charge in [0.25, 0.3) is 10.0 Å². The van der Waals surface area contributed by atoms with Crippen molar-refractivity contribution in [2.75, 3.05) is 4.72 Å². The molecule has 0 aromatic heterocycles. The Bertz CT molecular complexity index is 916. The van der Waals surface area contributed by atoms with Gasteiger partial charge in [-0.25, -0.2) is 16.8 Å². The highest BCUT2D eigenvalue weighted by molar-refractivity contribution is 7.93. The number of benzene rings is 2. The average Bonchev–Trinajstić information content (AvgIpc) is 3.11. The standard InChI is InChI=1S/C17H19NO4S2/c19-23(20,15-8-4-5-9-15)17-12-6-7-14(13-17)18-24(21,22)16-10-2-1-3-11-16/h1-3,6-7,10-13,15,18H,4-5,8-9H2. The summed E-state index contributed by atoms with van der Waals surface area (Å²) < 4.78 is 52.5. The fourth-order valence-electron chi connectivity index (χ4n) is 2.94. The average molecular weight is 365 g/mol. The summed E-state index contributed by atoms with van der Waals surface area (Å²) in [5.41, 5.74) is 0.248. The molecule has 2 aromatic carbocycles. The normalized spacial score (nSPS) is 16.2. The van der Waals surface area contributed by atoms with E-state index in [2.05, 4.69) is 4.72 Å². The van der Waals surface area contributed by atoms with Gasteiger partial charge in [0.1, 0.15) is 0 Å². The van der Waals surface area contributed by atoms with E-state index >= 15 is 0 Å². The first kappa shape index (κ1) is 17.0. The lowest BCUT2D eigenvalue weighted by molar-refractivity contribution is 0.579. The summed E-state index contributed by atoms with van der Waals surface area (Å²) in [6, 6.07) is 14.0. The van der Waals surface area contributed by atoms with Crippen molar-refractivity contribution in [1.82, 2.24) is 0 Å². The maximum atomic E-state index is 12.6. The van der Waals surface area contributed by atoms with E-state index in [0.29, 0.717) is 12.8 Å². The Morgan fingerprint density at radius 2 is 1.42 bits per heavy atom. The van der Waals surface area contributed by atoms with E-state index in [1.165, 1.54) is 24.3 Å². The van der Waals surface area contributed by atoms with Crippen LogP contribution in [0, 0.1) is 0 Å². The van der Waals surface area contributed by atoms with Crippen molar-refractivity contribution in [1.29, 1.82) is 0 Å². The van der Waals surface area contributed by atoms with E-state index in [9.17, 15) is 16.8 Å². The Hall–Kier alpha value is -1.86. The quantitative estimate of drug-likeness (QED) is 0.882. The molecule has 7 heteroatoms. The Morgan fingerprint density at radius 1 is 0.792 bits per heavy atom. The van der Waals surface area contributed by atoms with E-state index in [-0.39, 0.29) is 20.7 Å². The van der Waals surface area contributed by atoms with Gasteiger partial charge in [-0.1, -0.05) is 37.1 Å². The summed E-state index contributed by atoms with van der Waals surface area (Å²) >= 11 is 0. The van der Waals surface area contributed by atoms with Crippen molar-refractivity contribution in [2.24, 2.45) is 0 Å². The predicted octanol–water partition coefficient (Wildman–Crippen LogP) is 3.20. The second kappa shape index (κ2) is 6.57. The molecule has 128 valence electrons. The molecular formula is C17H19NO4S2. The van der Waals surface area contributed by atoms with Crippen LogP contribution in [0.2, 0.25) is 0 Å². The third kappa shape index (κ3) is 3.47. The van der Waals surface area contributed by atoms with Gasteiger partial charge in [0.15, 0.2) is 9.84 Å². The molecule has 0 spiro atoms. The molecule has 0 bridgehead atoms. The van der Waals surface area contributed by atoms with Crippen LogP contribution in [0.4, 0.5) is 5.69 Å². The number of hydrogen-bond acceptors (Lipinski definition) is 4. The smallest absolute Gasteiger partial charge is 0.261 e. The summed E-state index contributed by atoms with van der Waals surface area (Å²) in [7, 11) is -7.16. The molecule has 0 unspecified atom stereocenters. The van der Waals surface area contributed by atoms with Gasteiger partial charge in [0.2, 0.25) is 0 Å². The number of sulfone groups is 1. The molecule has 0 atom stereocenters. The van der Waals surface area contributed by atoms with E-state index in [0.717, 1.165) is 12.8 Å². The van der Waals surface area contributed by atoms with Crippen LogP contribution < -0.4 is 4.72 Å². The topological polar surface area (TPSA) is 80.3 Å². The summed E-state index contributed by atoms with van der Waals surface area (Å²) in [6.45, 7) is 0. The molecule has 0 aliphatic heterocycles. The van der Waals surface area contributed by atoms with Crippen molar-refractivity contribution in [3.63, 3.8) is 0 Å². The first-order valence-corrected chi connectivity index (χ1v) is 10.8. The van der Waals surface area contributed by atoms with Crippen LogP contribution in [0.25, 0.3) is 0 Å². The van der Waals surface area contributed by atoms with Crippen LogP contribution in [0.5, 0.6) is 0 Å². The van der Waals surface area contributed by atoms with Crippen LogP contribution in [-0.4, -0.2) is 22.1 Å². The highest BCUT2D eigenvalue weighted by atomic mass is 32.2. The Morgan fingerprint density at radius 3 is 2.08 bits per heavy atom. The monoisotopic (exact) mass is 365 g/mol. The van der Waals surface area contributed by atoms with Crippen LogP contribution in [-0.2, 0) is 19.9 Å². The first-order chi connectivity index (χ1) is 11.4. The molecule has 24 heavy (non-hydrogen) atoms. The van der Waals surface area contributed by atoms with Gasteiger partial charge in [-0.2, -0.15) is 0 Å². The molecule has 3 rings (SSSR count). The third-order valence-electron chi connectivity index (χ3n) is 4.21. The lowest BCUT2D eigenvalue weighted by Gasteiger charge is -2.13. The second-order valence-electron chi connectivity index (χ2n) is 5.90. The van der Waals surface area contributed by atoms with Gasteiger partial charge < -0.3 is 0 Å². The van der Waals surface area contributed by atoms with Gasteiger partial charge in [-0.3, -0.25) is 4.72 Å². The van der Waals surface area contributed by atoms with E-state index in [1.54, 1.807) is 30.3 Å². The lowest BCUT2D eigenvalue weighted by Crippen LogP contribution is -2.18. The molecule has 0 amide bonds.